The predicted octanol–water partition coefficient (Wildman–Crippen LogP) is 10.7. The number of esters is 1. The van der Waals surface area contributed by atoms with E-state index in [9.17, 15) is 33.9 Å². The van der Waals surface area contributed by atoms with Crippen molar-refractivity contribution < 1.29 is 145 Å². The number of aliphatic hydroxyl groups is 2. The molecular weight excluding hydrogens is 1470 g/mol. The number of aldehydes is 1. The molecule has 19 nitrogen and oxygen atoms in total. The van der Waals surface area contributed by atoms with E-state index in [1.165, 1.54) is 59.3 Å². The van der Waals surface area contributed by atoms with Crippen LogP contribution in [0.25, 0.3) is 0 Å². The van der Waals surface area contributed by atoms with E-state index in [1.807, 2.05) is 53.8 Å². The molecule has 84 heavy (non-hydrogen) atoms. The van der Waals surface area contributed by atoms with Gasteiger partial charge < -0.3 is 86.4 Å². The third-order valence-electron chi connectivity index (χ3n) is 12.7. The van der Waals surface area contributed by atoms with Gasteiger partial charge in [-0.25, -0.2) is 24.0 Å². The summed E-state index contributed by atoms with van der Waals surface area (Å²) in [5.74, 6) is -0.604. The van der Waals surface area contributed by atoms with Gasteiger partial charge in [-0.05, 0) is 218 Å². The predicted molar refractivity (Wildman–Crippen MR) is 322 cm³/mol. The van der Waals surface area contributed by atoms with Crippen molar-refractivity contribution in [2.24, 2.45) is 5.92 Å². The molecule has 6 rings (SSSR count). The molecule has 2 N–H and O–H groups in total. The third kappa shape index (κ3) is 49.9. The number of hydrogen-bond acceptors (Lipinski definition) is 19. The first-order valence-corrected chi connectivity index (χ1v) is 31.6. The van der Waals surface area contributed by atoms with Crippen LogP contribution in [0.1, 0.15) is 206 Å². The topological polar surface area (TPSA) is 252 Å². The van der Waals surface area contributed by atoms with Crippen LogP contribution in [0.4, 0.5) is 24.0 Å². The molecule has 1 aromatic rings. The molecule has 0 saturated heterocycles. The second-order valence-corrected chi connectivity index (χ2v) is 25.2. The van der Waals surface area contributed by atoms with E-state index in [2.05, 4.69) is 18.9 Å². The molecule has 5 aliphatic rings. The average Bonchev–Trinajstić information content (AvgIpc) is 3.83. The van der Waals surface area contributed by atoms with Gasteiger partial charge in [-0.2, -0.15) is 0 Å². The van der Waals surface area contributed by atoms with Crippen molar-refractivity contribution in [3.05, 3.63) is 35.4 Å². The fraction of sp³-hybridized carbons (Fsp3) is 0.768. The molecular formula is C56H87Cl6I2NaO19. The van der Waals surface area contributed by atoms with Crippen molar-refractivity contribution in [3.8, 4) is 0 Å². The van der Waals surface area contributed by atoms with Crippen molar-refractivity contribution >= 4 is 135 Å². The Kier molecular flexibility index (Phi) is 54.8. The molecule has 0 heterocycles. The van der Waals surface area contributed by atoms with Crippen molar-refractivity contribution in [3.63, 3.8) is 0 Å². The van der Waals surface area contributed by atoms with E-state index in [4.69, 9.17) is 108 Å². The fourth-order valence-electron chi connectivity index (χ4n) is 8.71. The Bertz CT molecular complexity index is 1870. The summed E-state index contributed by atoms with van der Waals surface area (Å²) >= 11 is 32.4. The average molecular weight is 1550 g/mol. The van der Waals surface area contributed by atoms with Crippen molar-refractivity contribution in [2.45, 2.75) is 258 Å². The number of benzene rings is 1. The Morgan fingerprint density at radius 3 is 1.29 bits per heavy atom. The van der Waals surface area contributed by atoms with E-state index >= 15 is 0 Å². The molecule has 28 heteroatoms. The van der Waals surface area contributed by atoms with Gasteiger partial charge in [0.1, 0.15) is 24.6 Å². The van der Waals surface area contributed by atoms with Gasteiger partial charge >= 0.3 is 69.6 Å². The summed E-state index contributed by atoms with van der Waals surface area (Å²) in [5, 5.41) is 18.9. The number of alkyl halides is 6. The number of aliphatic hydroxyl groups excluding tert-OH is 2. The standard InChI is InChI=1S/C24H34O6.C9H15ClO3.C9H15IO3.C6H12O.C3H3Cl3O3.C3H4Cl2O2.C2H4O.HI.Na/c1-16(19-13-11-18(12-14-19)15-20-7-6-10-22(20)25)23(26)28-17(2)29-24(27)30-21-8-4-3-5-9-21;2*1-7(10)12-9(11)13-8-5-3-2-4-6-8;7-6-4-2-1-3-5-6;1-8-2(7)9-3(4,5)6;1-2(4)7-3(5)6;1-2-3;;/h11-14,16-17,20-22,25H,3-10,15H2,1-2H3;2*7-8H,2-6H2,1H3;6-7H,1-5H2;1H3;2H,1H3;2H,1H3;1H;/q;;;;;;;;+1/p-1/t16-,17?,20+,22-;;;;;;;;/m0......../s1. The molecule has 0 spiro atoms. The van der Waals surface area contributed by atoms with Crippen LogP contribution in [0.5, 0.6) is 0 Å². The fourth-order valence-corrected chi connectivity index (χ4v) is 9.44. The molecule has 0 aromatic heterocycles. The summed E-state index contributed by atoms with van der Waals surface area (Å²) in [5.41, 5.74) is -0.122. The van der Waals surface area contributed by atoms with Gasteiger partial charge in [0, 0.05) is 18.5 Å². The second kappa shape index (κ2) is 52.8. The van der Waals surface area contributed by atoms with Gasteiger partial charge in [-0.15, -0.1) is 0 Å². The normalized spacial score (nSPS) is 19.5. The smallest absolute Gasteiger partial charge is 1.00 e. The number of ether oxygens (including phenoxy) is 10. The summed E-state index contributed by atoms with van der Waals surface area (Å²) in [6, 6.07) is 7.86. The maximum absolute atomic E-state index is 12.4. The zero-order valence-corrected chi connectivity index (χ0v) is 60.4. The van der Waals surface area contributed by atoms with E-state index in [-0.39, 0.29) is 88.2 Å². The number of carbonyl (C=O) groups excluding carboxylic acids is 7. The van der Waals surface area contributed by atoms with Gasteiger partial charge in [-0.3, -0.25) is 4.79 Å². The molecule has 5 aliphatic carbocycles. The molecule has 5 saturated carbocycles. The molecule has 0 aliphatic heterocycles. The zero-order chi connectivity index (χ0) is 62.0. The van der Waals surface area contributed by atoms with Crippen LogP contribution >= 0.6 is 92.2 Å². The molecule has 0 bridgehead atoms. The number of rotatable bonds is 12. The van der Waals surface area contributed by atoms with Crippen LogP contribution in [-0.4, -0.2) is 116 Å². The summed E-state index contributed by atoms with van der Waals surface area (Å²) < 4.78 is 45.4. The Morgan fingerprint density at radius 2 is 0.988 bits per heavy atom. The minimum Gasteiger partial charge on any atom is -1.00 e. The monoisotopic (exact) mass is 1550 g/mol. The summed E-state index contributed by atoms with van der Waals surface area (Å²) in [7, 11) is 1.11. The van der Waals surface area contributed by atoms with Crippen LogP contribution in [-0.2, 0) is 63.4 Å². The number of hydrogen-bond donors (Lipinski definition) is 2. The number of carbonyl (C=O) groups is 7. The van der Waals surface area contributed by atoms with E-state index < -0.39 is 63.3 Å². The van der Waals surface area contributed by atoms with Gasteiger partial charge in [-0.1, -0.05) is 92.4 Å². The molecule has 7 atom stereocenters. The quantitative estimate of drug-likeness (QED) is 0.0288. The minimum absolute atomic E-state index is 0. The summed E-state index contributed by atoms with van der Waals surface area (Å²) in [6.07, 6.45) is 22.4. The largest absolute Gasteiger partial charge is 1.00 e. The Hall–Kier alpha value is -0.970. The summed E-state index contributed by atoms with van der Waals surface area (Å²) in [4.78, 5) is 75.1. The first-order chi connectivity index (χ1) is 38.7. The van der Waals surface area contributed by atoms with Gasteiger partial charge in [0.15, 0.2) is 15.2 Å². The van der Waals surface area contributed by atoms with Gasteiger partial charge in [0.05, 0.1) is 25.2 Å². The Balaban J connectivity index is -0.00000102. The van der Waals surface area contributed by atoms with Crippen LogP contribution in [0.2, 0.25) is 0 Å². The van der Waals surface area contributed by atoms with Crippen LogP contribution in [0.3, 0.4) is 0 Å². The van der Waals surface area contributed by atoms with Crippen molar-refractivity contribution in [1.29, 1.82) is 0 Å². The summed E-state index contributed by atoms with van der Waals surface area (Å²) in [6.45, 7) is 9.63. The molecule has 482 valence electrons. The van der Waals surface area contributed by atoms with E-state index in [1.54, 1.807) is 13.8 Å². The molecule has 5 fully saturated rings. The first kappa shape index (κ1) is 87.2. The number of methoxy groups -OCH3 is 1. The van der Waals surface area contributed by atoms with E-state index in [0.29, 0.717) is 5.92 Å². The Morgan fingerprint density at radius 1 is 0.595 bits per heavy atom. The van der Waals surface area contributed by atoms with Crippen molar-refractivity contribution in [2.75, 3.05) is 7.11 Å². The minimum atomic E-state index is -2.03. The molecule has 0 radical (unpaired) electrons. The van der Waals surface area contributed by atoms with E-state index in [0.717, 1.165) is 140 Å². The maximum Gasteiger partial charge on any atom is 1.00 e. The van der Waals surface area contributed by atoms with Crippen LogP contribution in [0, 0.1) is 5.92 Å². The second-order valence-electron chi connectivity index (χ2n) is 19.7. The van der Waals surface area contributed by atoms with Crippen LogP contribution < -0.4 is 53.5 Å². The molecule has 0 amide bonds. The first-order valence-electron chi connectivity index (χ1n) is 28.0. The van der Waals surface area contributed by atoms with Gasteiger partial charge in [0.25, 0.3) is 0 Å². The van der Waals surface area contributed by atoms with Crippen molar-refractivity contribution in [1.82, 2.24) is 0 Å². The maximum atomic E-state index is 12.4. The molecule has 1 aromatic carbocycles. The molecule has 4 unspecified atom stereocenters. The van der Waals surface area contributed by atoms with Crippen LogP contribution in [0.15, 0.2) is 24.3 Å². The SMILES string of the molecule is CC(Cl)OC(=O)Cl.CC(Cl)OC(=O)OC1CCCCC1.CC(I)OC(=O)OC1CCCCC1.CC(OC(=O)OC1CCCCC1)OC(=O)[C@@H](C)c1ccc(C[C@H]2CCC[C@@H]2O)cc1.CC=O.COC(=O)OC(Cl)(Cl)Cl.OC1CCCCC1.[I-].[Na+]. The number of halogens is 8. The third-order valence-corrected chi connectivity index (χ3v) is 13.4. The zero-order valence-electron chi connectivity index (χ0n) is 49.6. The van der Waals surface area contributed by atoms with Gasteiger partial charge in [0.2, 0.25) is 6.29 Å². The Labute approximate surface area is 579 Å².